The molecule has 1 N–H and O–H groups in total. The van der Waals surface area contributed by atoms with Gasteiger partial charge in [0.25, 0.3) is 0 Å². The Morgan fingerprint density at radius 2 is 1.95 bits per heavy atom. The topological polar surface area (TPSA) is 29.5 Å². The largest absolute Gasteiger partial charge is 0.496 e. The van der Waals surface area contributed by atoms with Crippen LogP contribution in [-0.2, 0) is 12.8 Å². The minimum Gasteiger partial charge on any atom is -0.496 e. The summed E-state index contributed by atoms with van der Waals surface area (Å²) in [5, 5.41) is 10.7. The van der Waals surface area contributed by atoms with E-state index in [-0.39, 0.29) is 0 Å². The lowest BCUT2D eigenvalue weighted by molar-refractivity contribution is 0.223. The van der Waals surface area contributed by atoms with Gasteiger partial charge in [0.1, 0.15) is 11.9 Å². The van der Waals surface area contributed by atoms with Gasteiger partial charge in [-0.2, -0.15) is 0 Å². The van der Waals surface area contributed by atoms with E-state index in [1.54, 1.807) is 18.4 Å². The molecule has 20 heavy (non-hydrogen) atoms. The van der Waals surface area contributed by atoms with Crippen LogP contribution in [0.15, 0.2) is 18.2 Å². The lowest BCUT2D eigenvalue weighted by Crippen LogP contribution is -2.02. The van der Waals surface area contributed by atoms with E-state index in [4.69, 9.17) is 4.74 Å². The van der Waals surface area contributed by atoms with Crippen LogP contribution in [0.2, 0.25) is 0 Å². The molecule has 1 aliphatic rings. The summed E-state index contributed by atoms with van der Waals surface area (Å²) in [6.45, 7) is 4.05. The summed E-state index contributed by atoms with van der Waals surface area (Å²) in [5.41, 5.74) is 4.57. The van der Waals surface area contributed by atoms with Gasteiger partial charge in [-0.3, -0.25) is 0 Å². The van der Waals surface area contributed by atoms with Crippen molar-refractivity contribution in [2.45, 2.75) is 39.2 Å². The molecule has 3 rings (SSSR count). The molecule has 0 aliphatic heterocycles. The number of methoxy groups -OCH3 is 1. The van der Waals surface area contributed by atoms with Crippen molar-refractivity contribution < 1.29 is 9.84 Å². The van der Waals surface area contributed by atoms with Gasteiger partial charge < -0.3 is 9.84 Å². The number of benzene rings is 1. The van der Waals surface area contributed by atoms with Gasteiger partial charge in [-0.15, -0.1) is 11.3 Å². The highest BCUT2D eigenvalue weighted by atomic mass is 32.1. The Kier molecular flexibility index (Phi) is 3.57. The van der Waals surface area contributed by atoms with Gasteiger partial charge >= 0.3 is 0 Å². The molecule has 1 unspecified atom stereocenters. The molecule has 1 aromatic heterocycles. The maximum Gasteiger partial charge on any atom is 0.122 e. The van der Waals surface area contributed by atoms with Gasteiger partial charge in [-0.1, -0.05) is 0 Å². The molecule has 1 atom stereocenters. The summed E-state index contributed by atoms with van der Waals surface area (Å²) >= 11 is 1.77. The predicted molar refractivity (Wildman–Crippen MR) is 82.9 cm³/mol. The maximum atomic E-state index is 10.7. The molecule has 0 amide bonds. The standard InChI is InChI=1S/C17H20O2S/c1-10-8-14(19-3)11(2)7-13(10)17(18)16-9-12-5-4-6-15(12)20-16/h7-9,17-18H,4-6H2,1-3H3. The van der Waals surface area contributed by atoms with Crippen molar-refractivity contribution in [3.63, 3.8) is 0 Å². The number of hydrogen-bond acceptors (Lipinski definition) is 3. The van der Waals surface area contributed by atoms with Crippen molar-refractivity contribution >= 4 is 11.3 Å². The molecule has 106 valence electrons. The number of rotatable bonds is 3. The van der Waals surface area contributed by atoms with Gasteiger partial charge in [0.05, 0.1) is 7.11 Å². The molecule has 0 saturated heterocycles. The third-order valence-corrected chi connectivity index (χ3v) is 5.40. The van der Waals surface area contributed by atoms with Crippen LogP contribution >= 0.6 is 11.3 Å². The van der Waals surface area contributed by atoms with Gasteiger partial charge in [0, 0.05) is 9.75 Å². The molecular formula is C17H20O2S. The molecule has 1 aliphatic carbocycles. The zero-order chi connectivity index (χ0) is 14.3. The number of ether oxygens (including phenoxy) is 1. The molecule has 0 saturated carbocycles. The van der Waals surface area contributed by atoms with Crippen LogP contribution in [0.4, 0.5) is 0 Å². The summed E-state index contributed by atoms with van der Waals surface area (Å²) in [5.74, 6) is 0.882. The smallest absolute Gasteiger partial charge is 0.122 e. The highest BCUT2D eigenvalue weighted by Crippen LogP contribution is 2.37. The Hall–Kier alpha value is -1.32. The minimum absolute atomic E-state index is 0.518. The van der Waals surface area contributed by atoms with Crippen LogP contribution in [0, 0.1) is 13.8 Å². The number of aliphatic hydroxyl groups is 1. The Morgan fingerprint density at radius 3 is 2.65 bits per heavy atom. The highest BCUT2D eigenvalue weighted by molar-refractivity contribution is 7.12. The van der Waals surface area contributed by atoms with Gasteiger partial charge in [0.15, 0.2) is 0 Å². The first kappa shape index (κ1) is 13.7. The van der Waals surface area contributed by atoms with E-state index in [0.717, 1.165) is 27.3 Å². The fourth-order valence-electron chi connectivity index (χ4n) is 2.97. The Balaban J connectivity index is 1.97. The van der Waals surface area contributed by atoms with Gasteiger partial charge in [-0.05, 0) is 73.6 Å². The Labute approximate surface area is 124 Å². The van der Waals surface area contributed by atoms with Crippen molar-refractivity contribution in [2.24, 2.45) is 0 Å². The zero-order valence-corrected chi connectivity index (χ0v) is 13.0. The van der Waals surface area contributed by atoms with Gasteiger partial charge in [0.2, 0.25) is 0 Å². The normalized spacial score (nSPS) is 15.2. The molecule has 2 aromatic rings. The van der Waals surface area contributed by atoms with Crippen LogP contribution in [0.5, 0.6) is 5.75 Å². The fourth-order valence-corrected chi connectivity index (χ4v) is 4.23. The minimum atomic E-state index is -0.518. The summed E-state index contributed by atoms with van der Waals surface area (Å²) < 4.78 is 5.34. The molecule has 0 radical (unpaired) electrons. The van der Waals surface area contributed by atoms with Crippen molar-refractivity contribution in [1.82, 2.24) is 0 Å². The average molecular weight is 288 g/mol. The summed E-state index contributed by atoms with van der Waals surface area (Å²) in [6, 6.07) is 6.25. The van der Waals surface area contributed by atoms with E-state index in [2.05, 4.69) is 6.07 Å². The quantitative estimate of drug-likeness (QED) is 0.927. The SMILES string of the molecule is COc1cc(C)c(C(O)c2cc3c(s2)CCC3)cc1C. The van der Waals surface area contributed by atoms with Crippen molar-refractivity contribution in [3.8, 4) is 5.75 Å². The van der Waals surface area contributed by atoms with Crippen LogP contribution in [0.1, 0.15) is 44.5 Å². The predicted octanol–water partition coefficient (Wildman–Crippen LogP) is 3.94. The van der Waals surface area contributed by atoms with Crippen molar-refractivity contribution in [1.29, 1.82) is 0 Å². The van der Waals surface area contributed by atoms with Crippen molar-refractivity contribution in [3.05, 3.63) is 50.2 Å². The van der Waals surface area contributed by atoms with Crippen LogP contribution in [-0.4, -0.2) is 12.2 Å². The highest BCUT2D eigenvalue weighted by Gasteiger charge is 2.21. The third-order valence-electron chi connectivity index (χ3n) is 4.11. The first-order valence-corrected chi connectivity index (χ1v) is 7.86. The number of hydrogen-bond donors (Lipinski definition) is 1. The molecule has 0 fully saturated rings. The third kappa shape index (κ3) is 2.25. The molecule has 3 heteroatoms. The first-order chi connectivity index (χ1) is 9.60. The van der Waals surface area contributed by atoms with Crippen LogP contribution < -0.4 is 4.74 Å². The second-order valence-electron chi connectivity index (χ2n) is 5.53. The molecule has 1 heterocycles. The molecule has 2 nitrogen and oxygen atoms in total. The summed E-state index contributed by atoms with van der Waals surface area (Å²) in [6.07, 6.45) is 3.08. The Bertz CT molecular complexity index is 621. The van der Waals surface area contributed by atoms with Crippen LogP contribution in [0.3, 0.4) is 0 Å². The van der Waals surface area contributed by atoms with E-state index < -0.39 is 6.10 Å². The van der Waals surface area contributed by atoms with Crippen LogP contribution in [0.25, 0.3) is 0 Å². The molecule has 0 spiro atoms. The Morgan fingerprint density at radius 1 is 1.15 bits per heavy atom. The monoisotopic (exact) mass is 288 g/mol. The average Bonchev–Trinajstić information content (AvgIpc) is 3.01. The zero-order valence-electron chi connectivity index (χ0n) is 12.2. The first-order valence-electron chi connectivity index (χ1n) is 7.05. The van der Waals surface area contributed by atoms with Crippen molar-refractivity contribution in [2.75, 3.05) is 7.11 Å². The van der Waals surface area contributed by atoms with E-state index >= 15 is 0 Å². The number of fused-ring (bicyclic) bond motifs is 1. The lowest BCUT2D eigenvalue weighted by Gasteiger charge is -2.15. The van der Waals surface area contributed by atoms with E-state index in [1.165, 1.54) is 29.7 Å². The fraction of sp³-hybridized carbons (Fsp3) is 0.412. The van der Waals surface area contributed by atoms with Gasteiger partial charge in [-0.25, -0.2) is 0 Å². The molecular weight excluding hydrogens is 268 g/mol. The molecule has 1 aromatic carbocycles. The number of aryl methyl sites for hydroxylation is 4. The number of thiophene rings is 1. The summed E-state index contributed by atoms with van der Waals surface area (Å²) in [4.78, 5) is 2.53. The van der Waals surface area contributed by atoms with E-state index in [9.17, 15) is 5.11 Å². The molecule has 0 bridgehead atoms. The lowest BCUT2D eigenvalue weighted by atomic mass is 9.98. The summed E-state index contributed by atoms with van der Waals surface area (Å²) in [7, 11) is 1.68. The van der Waals surface area contributed by atoms with E-state index in [0.29, 0.717) is 0 Å². The maximum absolute atomic E-state index is 10.7. The van der Waals surface area contributed by atoms with E-state index in [1.807, 2.05) is 26.0 Å². The number of aliphatic hydroxyl groups excluding tert-OH is 1. The second kappa shape index (κ2) is 5.23. The second-order valence-corrected chi connectivity index (χ2v) is 6.70.